The third-order valence-electron chi connectivity index (χ3n) is 3.56. The molecule has 1 N–H and O–H groups in total. The number of benzene rings is 1. The Labute approximate surface area is 147 Å². The van der Waals surface area contributed by atoms with Gasteiger partial charge in [0.25, 0.3) is 15.9 Å². The van der Waals surface area contributed by atoms with Crippen LogP contribution in [-0.2, 0) is 14.8 Å². The standard InChI is InChI=1S/C15H14F2N2O4S2/c16-10-1-2-11(12(17)9-10)15(20)18-13-3-4-14(24-13)25(21,22)19-5-7-23-8-6-19/h1-4,9H,5-8H2,(H,18,20). The first-order valence-corrected chi connectivity index (χ1v) is 9.58. The van der Waals surface area contributed by atoms with Gasteiger partial charge in [0, 0.05) is 19.2 Å². The molecule has 3 rings (SSSR count). The Bertz CT molecular complexity index is 893. The summed E-state index contributed by atoms with van der Waals surface area (Å²) in [5.74, 6) is -2.56. The molecular formula is C15H14F2N2O4S2. The van der Waals surface area contributed by atoms with Crippen LogP contribution in [0, 0.1) is 11.6 Å². The summed E-state index contributed by atoms with van der Waals surface area (Å²) in [5.41, 5.74) is -0.326. The minimum atomic E-state index is -3.66. The van der Waals surface area contributed by atoms with Crippen molar-refractivity contribution in [3.05, 3.63) is 47.5 Å². The maximum absolute atomic E-state index is 13.6. The molecule has 25 heavy (non-hydrogen) atoms. The number of carbonyl (C=O) groups excluding carboxylic acids is 1. The number of ether oxygens (including phenoxy) is 1. The number of rotatable bonds is 4. The molecule has 0 saturated carbocycles. The Balaban J connectivity index is 1.76. The summed E-state index contributed by atoms with van der Waals surface area (Å²) in [6, 6.07) is 5.42. The summed E-state index contributed by atoms with van der Waals surface area (Å²) >= 11 is 0.867. The summed E-state index contributed by atoms with van der Waals surface area (Å²) in [6.07, 6.45) is 0. The van der Waals surface area contributed by atoms with E-state index < -0.39 is 27.6 Å². The highest BCUT2D eigenvalue weighted by Gasteiger charge is 2.28. The van der Waals surface area contributed by atoms with Gasteiger partial charge in [0.1, 0.15) is 15.8 Å². The molecule has 1 aliphatic heterocycles. The topological polar surface area (TPSA) is 75.7 Å². The number of thiophene rings is 1. The second-order valence-electron chi connectivity index (χ2n) is 5.21. The van der Waals surface area contributed by atoms with E-state index >= 15 is 0 Å². The molecule has 0 spiro atoms. The van der Waals surface area contributed by atoms with Gasteiger partial charge in [0.15, 0.2) is 0 Å². The van der Waals surface area contributed by atoms with Gasteiger partial charge < -0.3 is 10.1 Å². The second kappa shape index (κ2) is 7.16. The lowest BCUT2D eigenvalue weighted by atomic mass is 10.2. The molecule has 0 radical (unpaired) electrons. The van der Waals surface area contributed by atoms with Gasteiger partial charge in [-0.2, -0.15) is 4.31 Å². The van der Waals surface area contributed by atoms with Crippen LogP contribution in [0.5, 0.6) is 0 Å². The smallest absolute Gasteiger partial charge is 0.259 e. The largest absolute Gasteiger partial charge is 0.379 e. The predicted octanol–water partition coefficient (Wildman–Crippen LogP) is 2.30. The van der Waals surface area contributed by atoms with Crippen molar-refractivity contribution in [2.75, 3.05) is 31.6 Å². The van der Waals surface area contributed by atoms with Crippen molar-refractivity contribution in [1.82, 2.24) is 4.31 Å². The van der Waals surface area contributed by atoms with E-state index in [0.717, 1.165) is 23.5 Å². The lowest BCUT2D eigenvalue weighted by molar-refractivity contribution is 0.0731. The van der Waals surface area contributed by atoms with Gasteiger partial charge in [-0.3, -0.25) is 4.79 Å². The van der Waals surface area contributed by atoms with E-state index in [-0.39, 0.29) is 27.9 Å². The van der Waals surface area contributed by atoms with Crippen LogP contribution in [0.2, 0.25) is 0 Å². The fraction of sp³-hybridized carbons (Fsp3) is 0.267. The molecule has 2 heterocycles. The maximum Gasteiger partial charge on any atom is 0.259 e. The molecule has 1 fully saturated rings. The number of amides is 1. The van der Waals surface area contributed by atoms with Crippen molar-refractivity contribution in [3.63, 3.8) is 0 Å². The van der Waals surface area contributed by atoms with Crippen molar-refractivity contribution >= 4 is 32.3 Å². The number of nitrogens with one attached hydrogen (secondary N) is 1. The predicted molar refractivity (Wildman–Crippen MR) is 88.2 cm³/mol. The maximum atomic E-state index is 13.6. The first kappa shape index (κ1) is 17.9. The molecule has 134 valence electrons. The van der Waals surface area contributed by atoms with E-state index in [2.05, 4.69) is 5.32 Å². The average Bonchev–Trinajstić information content (AvgIpc) is 3.05. The van der Waals surface area contributed by atoms with Crippen LogP contribution in [0.25, 0.3) is 0 Å². The molecule has 1 saturated heterocycles. The van der Waals surface area contributed by atoms with Crippen molar-refractivity contribution in [3.8, 4) is 0 Å². The van der Waals surface area contributed by atoms with Gasteiger partial charge >= 0.3 is 0 Å². The number of hydrogen-bond acceptors (Lipinski definition) is 5. The molecular weight excluding hydrogens is 374 g/mol. The SMILES string of the molecule is O=C(Nc1ccc(S(=O)(=O)N2CCOCC2)s1)c1ccc(F)cc1F. The Kier molecular flexibility index (Phi) is 5.13. The van der Waals surface area contributed by atoms with Gasteiger partial charge in [0.05, 0.1) is 23.8 Å². The third-order valence-corrected chi connectivity index (χ3v) is 6.92. The number of halogens is 2. The lowest BCUT2D eigenvalue weighted by Crippen LogP contribution is -2.40. The Morgan fingerprint density at radius 2 is 1.88 bits per heavy atom. The van der Waals surface area contributed by atoms with Crippen LogP contribution in [0.15, 0.2) is 34.5 Å². The zero-order valence-electron chi connectivity index (χ0n) is 12.9. The van der Waals surface area contributed by atoms with Crippen molar-refractivity contribution in [2.24, 2.45) is 0 Å². The first-order chi connectivity index (χ1) is 11.9. The number of hydrogen-bond donors (Lipinski definition) is 1. The average molecular weight is 388 g/mol. The summed E-state index contributed by atoms with van der Waals surface area (Å²) in [6.45, 7) is 1.20. The van der Waals surface area contributed by atoms with Crippen LogP contribution in [0.1, 0.15) is 10.4 Å². The lowest BCUT2D eigenvalue weighted by Gasteiger charge is -2.25. The van der Waals surface area contributed by atoms with Gasteiger partial charge in [-0.05, 0) is 24.3 Å². The fourth-order valence-corrected chi connectivity index (χ4v) is 5.06. The minimum absolute atomic E-state index is 0.0734. The number of morpholine rings is 1. The molecule has 10 heteroatoms. The van der Waals surface area contributed by atoms with Gasteiger partial charge in [-0.15, -0.1) is 11.3 Å². The van der Waals surface area contributed by atoms with Crippen LogP contribution in [0.4, 0.5) is 13.8 Å². The normalized spacial score (nSPS) is 15.9. The van der Waals surface area contributed by atoms with E-state index in [1.54, 1.807) is 0 Å². The van der Waals surface area contributed by atoms with Crippen molar-refractivity contribution in [2.45, 2.75) is 4.21 Å². The fourth-order valence-electron chi connectivity index (χ4n) is 2.29. The third kappa shape index (κ3) is 3.87. The van der Waals surface area contributed by atoms with Crippen molar-refractivity contribution in [1.29, 1.82) is 0 Å². The number of nitrogens with zero attached hydrogens (tertiary/aromatic N) is 1. The molecule has 2 aromatic rings. The van der Waals surface area contributed by atoms with Gasteiger partial charge in [-0.25, -0.2) is 17.2 Å². The number of anilines is 1. The van der Waals surface area contributed by atoms with Crippen LogP contribution in [-0.4, -0.2) is 44.9 Å². The number of carbonyl (C=O) groups is 1. The monoisotopic (exact) mass is 388 g/mol. The molecule has 1 aliphatic rings. The quantitative estimate of drug-likeness (QED) is 0.872. The molecule has 0 aliphatic carbocycles. The molecule has 1 aromatic carbocycles. The summed E-state index contributed by atoms with van der Waals surface area (Å²) in [5, 5.41) is 2.67. The highest BCUT2D eigenvalue weighted by atomic mass is 32.2. The van der Waals surface area contributed by atoms with E-state index in [9.17, 15) is 22.0 Å². The van der Waals surface area contributed by atoms with E-state index in [1.807, 2.05) is 0 Å². The van der Waals surface area contributed by atoms with Crippen molar-refractivity contribution < 1.29 is 26.7 Å². The first-order valence-electron chi connectivity index (χ1n) is 7.32. The van der Waals surface area contributed by atoms with Gasteiger partial charge in [0.2, 0.25) is 0 Å². The van der Waals surface area contributed by atoms with Crippen LogP contribution < -0.4 is 5.32 Å². The minimum Gasteiger partial charge on any atom is -0.379 e. The summed E-state index contributed by atoms with van der Waals surface area (Å²) < 4.78 is 58.1. The summed E-state index contributed by atoms with van der Waals surface area (Å²) in [7, 11) is -3.66. The molecule has 6 nitrogen and oxygen atoms in total. The van der Waals surface area contributed by atoms with E-state index in [0.29, 0.717) is 19.3 Å². The molecule has 1 amide bonds. The number of sulfonamides is 1. The zero-order chi connectivity index (χ0) is 18.0. The second-order valence-corrected chi connectivity index (χ2v) is 8.46. The Hall–Kier alpha value is -1.88. The molecule has 0 bridgehead atoms. The van der Waals surface area contributed by atoms with E-state index in [4.69, 9.17) is 4.74 Å². The molecule has 0 atom stereocenters. The van der Waals surface area contributed by atoms with Gasteiger partial charge in [-0.1, -0.05) is 0 Å². The zero-order valence-corrected chi connectivity index (χ0v) is 14.5. The highest BCUT2D eigenvalue weighted by molar-refractivity contribution is 7.91. The Morgan fingerprint density at radius 3 is 2.56 bits per heavy atom. The highest BCUT2D eigenvalue weighted by Crippen LogP contribution is 2.29. The molecule has 0 unspecified atom stereocenters. The Morgan fingerprint density at radius 1 is 1.16 bits per heavy atom. The van der Waals surface area contributed by atoms with Crippen LogP contribution >= 0.6 is 11.3 Å². The van der Waals surface area contributed by atoms with E-state index in [1.165, 1.54) is 16.4 Å². The van der Waals surface area contributed by atoms with Crippen LogP contribution in [0.3, 0.4) is 0 Å². The summed E-state index contributed by atoms with van der Waals surface area (Å²) in [4.78, 5) is 12.1. The molecule has 1 aromatic heterocycles.